The van der Waals surface area contributed by atoms with Crippen molar-refractivity contribution in [1.82, 2.24) is 24.6 Å². The summed E-state index contributed by atoms with van der Waals surface area (Å²) in [6.45, 7) is 2.65. The van der Waals surface area contributed by atoms with Gasteiger partial charge >= 0.3 is 0 Å². The fourth-order valence-electron chi connectivity index (χ4n) is 3.19. The molecule has 0 amide bonds. The van der Waals surface area contributed by atoms with Crippen molar-refractivity contribution in [2.24, 2.45) is 7.05 Å². The predicted octanol–water partition coefficient (Wildman–Crippen LogP) is 0.309. The molecule has 7 nitrogen and oxygen atoms in total. The molecule has 2 fully saturated rings. The third kappa shape index (κ3) is 1.94. The van der Waals surface area contributed by atoms with Crippen LogP contribution in [-0.4, -0.2) is 49.9 Å². The number of likely N-dealkylation sites (tertiary alicyclic amines) is 1. The number of ether oxygens (including phenoxy) is 1. The number of nitrogens with two attached hydrogens (primary N) is 1. The van der Waals surface area contributed by atoms with Gasteiger partial charge in [-0.25, -0.2) is 9.97 Å². The van der Waals surface area contributed by atoms with E-state index in [1.807, 2.05) is 7.05 Å². The van der Waals surface area contributed by atoms with E-state index >= 15 is 0 Å². The molecule has 2 N–H and O–H groups in total. The van der Waals surface area contributed by atoms with E-state index in [-0.39, 0.29) is 0 Å². The number of fused-ring (bicyclic) bond motifs is 3. The summed E-state index contributed by atoms with van der Waals surface area (Å²) < 4.78 is 7.58. The Hall–Kier alpha value is -1.73. The van der Waals surface area contributed by atoms with E-state index in [2.05, 4.69) is 20.0 Å². The molecule has 0 radical (unpaired) electrons. The summed E-state index contributed by atoms with van der Waals surface area (Å²) in [6, 6.07) is 0. The first-order valence-corrected chi connectivity index (χ1v) is 7.01. The first-order valence-electron chi connectivity index (χ1n) is 7.01. The first-order chi connectivity index (χ1) is 9.69. The lowest BCUT2D eigenvalue weighted by molar-refractivity contribution is -0.0417. The molecule has 0 aliphatic carbocycles. The smallest absolute Gasteiger partial charge is 0.163 e. The maximum atomic E-state index is 5.99. The fraction of sp³-hybridized carbons (Fsp3) is 0.615. The standard InChI is InChI=1S/C13H18N6O/c1-18-13-10(4-15-18)12(14)16-11(17-13)7-19-5-8-2-3-9(6-19)20-8/h4,8-9H,2-3,5-7H2,1H3,(H2,14,16,17). The largest absolute Gasteiger partial charge is 0.383 e. The normalized spacial score (nSPS) is 26.4. The van der Waals surface area contributed by atoms with Crippen molar-refractivity contribution in [2.75, 3.05) is 18.8 Å². The van der Waals surface area contributed by atoms with Crippen LogP contribution in [0.15, 0.2) is 6.20 Å². The predicted molar refractivity (Wildman–Crippen MR) is 73.9 cm³/mol. The summed E-state index contributed by atoms with van der Waals surface area (Å²) in [4.78, 5) is 11.4. The maximum Gasteiger partial charge on any atom is 0.163 e. The number of hydrogen-bond acceptors (Lipinski definition) is 6. The lowest BCUT2D eigenvalue weighted by atomic mass is 10.2. The minimum absolute atomic E-state index is 0.381. The molecule has 7 heteroatoms. The Morgan fingerprint density at radius 1 is 1.30 bits per heavy atom. The van der Waals surface area contributed by atoms with E-state index in [1.54, 1.807) is 10.9 Å². The van der Waals surface area contributed by atoms with Gasteiger partial charge in [-0.05, 0) is 12.8 Å². The Balaban J connectivity index is 1.60. The Morgan fingerprint density at radius 2 is 2.05 bits per heavy atom. The molecule has 2 bridgehead atoms. The lowest BCUT2D eigenvalue weighted by Crippen LogP contribution is -2.42. The second-order valence-electron chi connectivity index (χ2n) is 5.68. The molecular weight excluding hydrogens is 256 g/mol. The minimum atomic E-state index is 0.381. The van der Waals surface area contributed by atoms with Crippen LogP contribution in [0, 0.1) is 0 Å². The van der Waals surface area contributed by atoms with Gasteiger partial charge in [0.2, 0.25) is 0 Å². The average molecular weight is 274 g/mol. The SMILES string of the molecule is Cn1ncc2c(N)nc(CN3CC4CCC(C3)O4)nc21. The van der Waals surface area contributed by atoms with Gasteiger partial charge in [0, 0.05) is 20.1 Å². The molecule has 2 aliphatic heterocycles. The summed E-state index contributed by atoms with van der Waals surface area (Å²) in [5, 5.41) is 5.00. The third-order valence-corrected chi connectivity index (χ3v) is 4.15. The summed E-state index contributed by atoms with van der Waals surface area (Å²) in [5.74, 6) is 1.27. The van der Waals surface area contributed by atoms with Gasteiger partial charge < -0.3 is 10.5 Å². The number of rotatable bonds is 2. The molecule has 2 aromatic rings. The monoisotopic (exact) mass is 274 g/mol. The highest BCUT2D eigenvalue weighted by molar-refractivity contribution is 5.84. The van der Waals surface area contributed by atoms with Crippen molar-refractivity contribution in [3.05, 3.63) is 12.0 Å². The second kappa shape index (κ2) is 4.39. The quantitative estimate of drug-likeness (QED) is 0.848. The summed E-state index contributed by atoms with van der Waals surface area (Å²) in [6.07, 6.45) is 4.82. The van der Waals surface area contributed by atoms with Crippen LogP contribution in [-0.2, 0) is 18.3 Å². The topological polar surface area (TPSA) is 82.1 Å². The Morgan fingerprint density at radius 3 is 2.80 bits per heavy atom. The van der Waals surface area contributed by atoms with Crippen molar-refractivity contribution in [3.63, 3.8) is 0 Å². The number of morpholine rings is 1. The molecule has 4 heterocycles. The highest BCUT2D eigenvalue weighted by Gasteiger charge is 2.33. The molecule has 20 heavy (non-hydrogen) atoms. The summed E-state index contributed by atoms with van der Waals surface area (Å²) in [5.41, 5.74) is 6.79. The molecule has 106 valence electrons. The lowest BCUT2D eigenvalue weighted by Gasteiger charge is -2.31. The number of nitrogen functional groups attached to an aromatic ring is 1. The van der Waals surface area contributed by atoms with E-state index in [9.17, 15) is 0 Å². The van der Waals surface area contributed by atoms with Gasteiger partial charge in [-0.2, -0.15) is 5.10 Å². The van der Waals surface area contributed by atoms with Crippen LogP contribution in [0.4, 0.5) is 5.82 Å². The van der Waals surface area contributed by atoms with Gasteiger partial charge in [-0.15, -0.1) is 0 Å². The third-order valence-electron chi connectivity index (χ3n) is 4.15. The number of hydrogen-bond donors (Lipinski definition) is 1. The Kier molecular flexibility index (Phi) is 2.64. The van der Waals surface area contributed by atoms with Crippen molar-refractivity contribution in [1.29, 1.82) is 0 Å². The van der Waals surface area contributed by atoms with Crippen LogP contribution < -0.4 is 5.73 Å². The number of aryl methyl sites for hydroxylation is 1. The molecule has 0 spiro atoms. The van der Waals surface area contributed by atoms with Crippen molar-refractivity contribution in [3.8, 4) is 0 Å². The van der Waals surface area contributed by atoms with E-state index in [0.717, 1.165) is 36.5 Å². The molecule has 2 unspecified atom stereocenters. The van der Waals surface area contributed by atoms with Crippen molar-refractivity contribution in [2.45, 2.75) is 31.6 Å². The van der Waals surface area contributed by atoms with E-state index < -0.39 is 0 Å². The highest BCUT2D eigenvalue weighted by atomic mass is 16.5. The molecular formula is C13H18N6O. The van der Waals surface area contributed by atoms with Gasteiger partial charge in [0.15, 0.2) is 5.65 Å². The van der Waals surface area contributed by atoms with Crippen LogP contribution in [0.1, 0.15) is 18.7 Å². The zero-order valence-corrected chi connectivity index (χ0v) is 11.5. The van der Waals surface area contributed by atoms with E-state index in [4.69, 9.17) is 10.5 Å². The van der Waals surface area contributed by atoms with E-state index in [0.29, 0.717) is 18.0 Å². The number of anilines is 1. The van der Waals surface area contributed by atoms with Crippen LogP contribution in [0.25, 0.3) is 11.0 Å². The average Bonchev–Trinajstić information content (AvgIpc) is 2.94. The van der Waals surface area contributed by atoms with Crippen LogP contribution >= 0.6 is 0 Å². The minimum Gasteiger partial charge on any atom is -0.383 e. The molecule has 2 aromatic heterocycles. The second-order valence-corrected chi connectivity index (χ2v) is 5.68. The zero-order chi connectivity index (χ0) is 13.7. The van der Waals surface area contributed by atoms with E-state index in [1.165, 1.54) is 12.8 Å². The summed E-state index contributed by atoms with van der Waals surface area (Å²) in [7, 11) is 1.87. The van der Waals surface area contributed by atoms with Crippen LogP contribution in [0.5, 0.6) is 0 Å². The highest BCUT2D eigenvalue weighted by Crippen LogP contribution is 2.27. The molecule has 4 rings (SSSR count). The maximum absolute atomic E-state index is 5.99. The first kappa shape index (κ1) is 12.0. The fourth-order valence-corrected chi connectivity index (χ4v) is 3.19. The molecule has 2 aliphatic rings. The van der Waals surface area contributed by atoms with Gasteiger partial charge in [0.25, 0.3) is 0 Å². The van der Waals surface area contributed by atoms with Crippen LogP contribution in [0.2, 0.25) is 0 Å². The van der Waals surface area contributed by atoms with Crippen molar-refractivity contribution >= 4 is 16.9 Å². The Labute approximate surface area is 116 Å². The molecule has 0 saturated carbocycles. The van der Waals surface area contributed by atoms with Gasteiger partial charge in [-0.1, -0.05) is 0 Å². The Bertz CT molecular complexity index is 642. The van der Waals surface area contributed by atoms with Gasteiger partial charge in [-0.3, -0.25) is 9.58 Å². The molecule has 0 aromatic carbocycles. The number of aromatic nitrogens is 4. The van der Waals surface area contributed by atoms with Crippen LogP contribution in [0.3, 0.4) is 0 Å². The van der Waals surface area contributed by atoms with Gasteiger partial charge in [0.05, 0.1) is 30.3 Å². The summed E-state index contributed by atoms with van der Waals surface area (Å²) >= 11 is 0. The number of nitrogens with zero attached hydrogens (tertiary/aromatic N) is 5. The van der Waals surface area contributed by atoms with Gasteiger partial charge in [0.1, 0.15) is 11.6 Å². The zero-order valence-electron chi connectivity index (χ0n) is 11.5. The van der Waals surface area contributed by atoms with Crippen molar-refractivity contribution < 1.29 is 4.74 Å². The molecule has 2 saturated heterocycles. The molecule has 2 atom stereocenters.